The average molecular weight is 597 g/mol. The first-order valence-electron chi connectivity index (χ1n) is 16.4. The van der Waals surface area contributed by atoms with Crippen LogP contribution in [0.2, 0.25) is 0 Å². The van der Waals surface area contributed by atoms with Gasteiger partial charge in [0.05, 0.1) is 5.41 Å². The van der Waals surface area contributed by atoms with Gasteiger partial charge in [0.1, 0.15) is 0 Å². The standard InChI is InChI=1S/C37H24.C10H8/c1-3-13-25(14-4-1)27-23-24-31-30-19-9-12-22-34(30)37(36(31)35(27)26-15-5-2-6-16-26)32-20-10-7-17-28(32)29-18-8-11-21-33(29)37;1-2-6-10-8-4-3-7-9(10)5-1/h1-24H;1-8H. The van der Waals surface area contributed by atoms with Crippen LogP contribution in [0, 0.1) is 0 Å². The molecule has 0 N–H and O–H groups in total. The maximum absolute atomic E-state index is 2.36. The van der Waals surface area contributed by atoms with E-state index in [1.807, 2.05) is 0 Å². The predicted molar refractivity (Wildman–Crippen MR) is 198 cm³/mol. The predicted octanol–water partition coefficient (Wildman–Crippen LogP) is 12.2. The Labute approximate surface area is 276 Å². The van der Waals surface area contributed by atoms with E-state index in [2.05, 4.69) is 194 Å². The summed E-state index contributed by atoms with van der Waals surface area (Å²) < 4.78 is 0. The lowest BCUT2D eigenvalue weighted by Crippen LogP contribution is -2.26. The van der Waals surface area contributed by atoms with Crippen LogP contribution in [0.3, 0.4) is 0 Å². The molecule has 0 atom stereocenters. The normalized spacial score (nSPS) is 12.9. The van der Waals surface area contributed by atoms with E-state index < -0.39 is 0 Å². The van der Waals surface area contributed by atoms with Gasteiger partial charge in [-0.3, -0.25) is 0 Å². The molecule has 0 fully saturated rings. The van der Waals surface area contributed by atoms with Gasteiger partial charge in [0.25, 0.3) is 0 Å². The van der Waals surface area contributed by atoms with Gasteiger partial charge in [-0.2, -0.15) is 0 Å². The minimum absolute atomic E-state index is 0.366. The first-order valence-corrected chi connectivity index (χ1v) is 16.4. The Bertz CT molecular complexity index is 2270. The summed E-state index contributed by atoms with van der Waals surface area (Å²) in [7, 11) is 0. The van der Waals surface area contributed by atoms with Crippen molar-refractivity contribution in [3.63, 3.8) is 0 Å². The Morgan fingerprint density at radius 2 is 0.617 bits per heavy atom. The zero-order valence-electron chi connectivity index (χ0n) is 26.0. The molecule has 10 rings (SSSR count). The third-order valence-electron chi connectivity index (χ3n) is 9.96. The van der Waals surface area contributed by atoms with Crippen LogP contribution in [-0.2, 0) is 5.41 Å². The quantitative estimate of drug-likeness (QED) is 0.186. The second-order valence-electron chi connectivity index (χ2n) is 12.4. The molecule has 0 amide bonds. The van der Waals surface area contributed by atoms with E-state index in [-0.39, 0.29) is 5.41 Å². The fraction of sp³-hybridized carbons (Fsp3) is 0.0213. The van der Waals surface area contributed by atoms with Gasteiger partial charge in [0.2, 0.25) is 0 Å². The van der Waals surface area contributed by atoms with E-state index in [0.29, 0.717) is 0 Å². The highest BCUT2D eigenvalue weighted by Gasteiger charge is 2.52. The molecule has 0 unspecified atom stereocenters. The van der Waals surface area contributed by atoms with E-state index in [9.17, 15) is 0 Å². The molecule has 8 aromatic rings. The van der Waals surface area contributed by atoms with Gasteiger partial charge >= 0.3 is 0 Å². The van der Waals surface area contributed by atoms with Gasteiger partial charge in [0.15, 0.2) is 0 Å². The van der Waals surface area contributed by atoms with Crippen LogP contribution >= 0.6 is 0 Å². The summed E-state index contributed by atoms with van der Waals surface area (Å²) in [6, 6.07) is 70.3. The summed E-state index contributed by atoms with van der Waals surface area (Å²) in [5, 5.41) is 2.62. The van der Waals surface area contributed by atoms with E-state index in [1.54, 1.807) is 0 Å². The van der Waals surface area contributed by atoms with Crippen molar-refractivity contribution in [1.29, 1.82) is 0 Å². The molecule has 8 aromatic carbocycles. The van der Waals surface area contributed by atoms with Crippen LogP contribution in [0.15, 0.2) is 194 Å². The zero-order chi connectivity index (χ0) is 31.2. The molecule has 1 spiro atoms. The van der Waals surface area contributed by atoms with Crippen molar-refractivity contribution in [3.8, 4) is 44.5 Å². The largest absolute Gasteiger partial charge is 0.0731 e. The van der Waals surface area contributed by atoms with Crippen molar-refractivity contribution in [3.05, 3.63) is 216 Å². The molecule has 220 valence electrons. The Morgan fingerprint density at radius 3 is 1.11 bits per heavy atom. The van der Waals surface area contributed by atoms with Crippen LogP contribution in [0.4, 0.5) is 0 Å². The molecule has 0 heteroatoms. The zero-order valence-corrected chi connectivity index (χ0v) is 26.0. The molecule has 0 aromatic heterocycles. The molecular formula is C47H32. The van der Waals surface area contributed by atoms with Crippen LogP contribution < -0.4 is 0 Å². The fourth-order valence-electron chi connectivity index (χ4n) is 8.09. The van der Waals surface area contributed by atoms with Crippen molar-refractivity contribution in [2.24, 2.45) is 0 Å². The number of benzene rings is 8. The summed E-state index contributed by atoms with van der Waals surface area (Å²) in [5.74, 6) is 0. The lowest BCUT2D eigenvalue weighted by atomic mass is 9.68. The number of fused-ring (bicyclic) bond motifs is 11. The SMILES string of the molecule is c1ccc(-c2ccc3c(c2-c2ccccc2)C2(c4ccccc4-c4ccccc42)c2ccccc2-3)cc1.c1ccc2ccccc2c1. The summed E-state index contributed by atoms with van der Waals surface area (Å²) in [4.78, 5) is 0. The maximum Gasteiger partial charge on any atom is 0.0731 e. The molecule has 0 bridgehead atoms. The highest BCUT2D eigenvalue weighted by atomic mass is 14.5. The molecule has 0 saturated heterocycles. The molecule has 0 saturated carbocycles. The summed E-state index contributed by atoms with van der Waals surface area (Å²) in [6.07, 6.45) is 0. The fourth-order valence-corrected chi connectivity index (χ4v) is 8.09. The lowest BCUT2D eigenvalue weighted by Gasteiger charge is -2.33. The van der Waals surface area contributed by atoms with Crippen LogP contribution in [-0.4, -0.2) is 0 Å². The Kier molecular flexibility index (Phi) is 6.47. The lowest BCUT2D eigenvalue weighted by molar-refractivity contribution is 0.796. The van der Waals surface area contributed by atoms with Crippen LogP contribution in [0.5, 0.6) is 0 Å². The molecule has 0 aliphatic heterocycles. The summed E-state index contributed by atoms with van der Waals surface area (Å²) >= 11 is 0. The monoisotopic (exact) mass is 596 g/mol. The molecule has 0 radical (unpaired) electrons. The Balaban J connectivity index is 0.000000258. The minimum Gasteiger partial charge on any atom is -0.0622 e. The van der Waals surface area contributed by atoms with E-state index in [0.717, 1.165) is 0 Å². The highest BCUT2D eigenvalue weighted by molar-refractivity contribution is 6.02. The molecular weight excluding hydrogens is 565 g/mol. The number of hydrogen-bond acceptors (Lipinski definition) is 0. The molecule has 0 nitrogen and oxygen atoms in total. The van der Waals surface area contributed by atoms with Crippen molar-refractivity contribution in [1.82, 2.24) is 0 Å². The van der Waals surface area contributed by atoms with Gasteiger partial charge in [-0.15, -0.1) is 0 Å². The Hall–Kier alpha value is -5.98. The van der Waals surface area contributed by atoms with Crippen LogP contribution in [0.25, 0.3) is 55.3 Å². The van der Waals surface area contributed by atoms with E-state index in [4.69, 9.17) is 0 Å². The molecule has 2 aliphatic carbocycles. The van der Waals surface area contributed by atoms with E-state index in [1.165, 1.54) is 77.5 Å². The second kappa shape index (κ2) is 11.1. The van der Waals surface area contributed by atoms with Crippen molar-refractivity contribution in [2.75, 3.05) is 0 Å². The molecule has 0 heterocycles. The second-order valence-corrected chi connectivity index (χ2v) is 12.4. The maximum atomic E-state index is 2.36. The van der Waals surface area contributed by atoms with Crippen LogP contribution in [0.1, 0.15) is 22.3 Å². The van der Waals surface area contributed by atoms with Crippen molar-refractivity contribution in [2.45, 2.75) is 5.41 Å². The third kappa shape index (κ3) is 4.15. The van der Waals surface area contributed by atoms with Gasteiger partial charge in [-0.1, -0.05) is 194 Å². The molecule has 2 aliphatic rings. The van der Waals surface area contributed by atoms with Crippen molar-refractivity contribution >= 4 is 10.8 Å². The highest BCUT2D eigenvalue weighted by Crippen LogP contribution is 2.65. The van der Waals surface area contributed by atoms with Gasteiger partial charge < -0.3 is 0 Å². The average Bonchev–Trinajstić information content (AvgIpc) is 3.63. The topological polar surface area (TPSA) is 0 Å². The summed E-state index contributed by atoms with van der Waals surface area (Å²) in [6.45, 7) is 0. The third-order valence-corrected chi connectivity index (χ3v) is 9.96. The van der Waals surface area contributed by atoms with Gasteiger partial charge in [-0.25, -0.2) is 0 Å². The summed E-state index contributed by atoms with van der Waals surface area (Å²) in [5.41, 5.74) is 15.6. The molecule has 47 heavy (non-hydrogen) atoms. The first kappa shape index (κ1) is 27.3. The smallest absolute Gasteiger partial charge is 0.0622 e. The Morgan fingerprint density at radius 1 is 0.255 bits per heavy atom. The minimum atomic E-state index is -0.366. The number of hydrogen-bond donors (Lipinski definition) is 0. The van der Waals surface area contributed by atoms with Gasteiger partial charge in [0, 0.05) is 0 Å². The first-order chi connectivity index (χ1) is 23.4. The number of rotatable bonds is 2. The van der Waals surface area contributed by atoms with Gasteiger partial charge in [-0.05, 0) is 77.5 Å². The van der Waals surface area contributed by atoms with Crippen molar-refractivity contribution < 1.29 is 0 Å². The van der Waals surface area contributed by atoms with E-state index >= 15 is 0 Å².